The number of urea groups is 1. The molecule has 0 bridgehead atoms. The minimum atomic E-state index is -0.182. The molecule has 11 nitrogen and oxygen atoms in total. The number of para-hydroxylation sites is 1. The van der Waals surface area contributed by atoms with Crippen molar-refractivity contribution in [2.75, 3.05) is 35.3 Å². The number of amides is 3. The molecule has 0 fully saturated rings. The van der Waals surface area contributed by atoms with Crippen molar-refractivity contribution in [2.45, 2.75) is 25.6 Å². The van der Waals surface area contributed by atoms with E-state index in [-0.39, 0.29) is 24.6 Å². The van der Waals surface area contributed by atoms with Crippen molar-refractivity contribution in [3.63, 3.8) is 0 Å². The zero-order valence-corrected chi connectivity index (χ0v) is 19.3. The van der Waals surface area contributed by atoms with E-state index in [0.717, 1.165) is 16.8 Å². The Morgan fingerprint density at radius 3 is 2.94 bits per heavy atom. The maximum Gasteiger partial charge on any atom is 0.326 e. The summed E-state index contributed by atoms with van der Waals surface area (Å²) in [6.45, 7) is 4.86. The second-order valence-electron chi connectivity index (χ2n) is 8.41. The first kappa shape index (κ1) is 22.5. The van der Waals surface area contributed by atoms with Gasteiger partial charge in [0, 0.05) is 37.2 Å². The predicted molar refractivity (Wildman–Crippen MR) is 130 cm³/mol. The number of aliphatic hydroxyl groups is 1. The van der Waals surface area contributed by atoms with E-state index in [9.17, 15) is 9.59 Å². The zero-order valence-electron chi connectivity index (χ0n) is 19.3. The van der Waals surface area contributed by atoms with Crippen LogP contribution in [-0.2, 0) is 17.9 Å². The van der Waals surface area contributed by atoms with Gasteiger partial charge in [-0.3, -0.25) is 14.4 Å². The van der Waals surface area contributed by atoms with Crippen molar-refractivity contribution >= 4 is 35.1 Å². The van der Waals surface area contributed by atoms with Crippen LogP contribution in [0.3, 0.4) is 0 Å². The molecule has 0 aliphatic carbocycles. The Morgan fingerprint density at radius 2 is 2.14 bits per heavy atom. The van der Waals surface area contributed by atoms with Crippen LogP contribution >= 0.6 is 0 Å². The summed E-state index contributed by atoms with van der Waals surface area (Å²) in [5, 5.41) is 16.3. The number of aliphatic hydroxyl groups excluding tert-OH is 1. The third kappa shape index (κ3) is 4.10. The van der Waals surface area contributed by atoms with Gasteiger partial charge in [0.25, 0.3) is 0 Å². The van der Waals surface area contributed by atoms with Gasteiger partial charge >= 0.3 is 6.03 Å². The minimum Gasteiger partial charge on any atom is -0.394 e. The van der Waals surface area contributed by atoms with Gasteiger partial charge in [-0.15, -0.1) is 0 Å². The molecule has 0 radical (unpaired) electrons. The molecule has 0 saturated carbocycles. The molecular formula is C24H26N8O3. The number of hydrogen-bond donors (Lipinski definition) is 2. The van der Waals surface area contributed by atoms with E-state index in [1.54, 1.807) is 35.2 Å². The lowest BCUT2D eigenvalue weighted by Gasteiger charge is -2.43. The van der Waals surface area contributed by atoms with E-state index >= 15 is 0 Å². The molecule has 0 spiro atoms. The topological polar surface area (TPSA) is 120 Å². The molecule has 0 saturated heterocycles. The van der Waals surface area contributed by atoms with Crippen LogP contribution in [0.5, 0.6) is 0 Å². The van der Waals surface area contributed by atoms with Gasteiger partial charge in [0.1, 0.15) is 5.82 Å². The maximum atomic E-state index is 13.5. The fourth-order valence-electron chi connectivity index (χ4n) is 4.63. The van der Waals surface area contributed by atoms with Crippen LogP contribution in [0.2, 0.25) is 0 Å². The molecule has 2 aliphatic heterocycles. The highest BCUT2D eigenvalue weighted by Gasteiger charge is 2.38. The predicted octanol–water partition coefficient (Wildman–Crippen LogP) is 2.44. The number of rotatable bonds is 6. The number of nitrogens with one attached hydrogen (secondary N) is 1. The zero-order chi connectivity index (χ0) is 24.5. The summed E-state index contributed by atoms with van der Waals surface area (Å²) in [5.74, 6) is 0.736. The number of benzene rings is 1. The standard InChI is InChI=1S/C24H26N8O3/c1-3-21(34)31-9-8-20(18-6-4-5-7-19(18)31)32-14-16-12-25-23(28-22(16)29(2)24(32)35)27-17-13-26-30(15-17)10-11-33/h3-7,12-13,15,20,33H,1,8-11,14H2,2H3,(H,25,27,28). The number of carbonyl (C=O) groups excluding carboxylic acids is 2. The number of fused-ring (bicyclic) bond motifs is 2. The molecule has 35 heavy (non-hydrogen) atoms. The van der Waals surface area contributed by atoms with E-state index in [0.29, 0.717) is 43.5 Å². The maximum absolute atomic E-state index is 13.5. The quantitative estimate of drug-likeness (QED) is 0.527. The molecule has 2 N–H and O–H groups in total. The highest BCUT2D eigenvalue weighted by atomic mass is 16.3. The summed E-state index contributed by atoms with van der Waals surface area (Å²) >= 11 is 0. The van der Waals surface area contributed by atoms with E-state index < -0.39 is 0 Å². The molecule has 1 atom stereocenters. The van der Waals surface area contributed by atoms with Crippen LogP contribution in [0, 0.1) is 0 Å². The Morgan fingerprint density at radius 1 is 1.31 bits per heavy atom. The molecule has 5 rings (SSSR count). The Balaban J connectivity index is 1.40. The van der Waals surface area contributed by atoms with Gasteiger partial charge in [-0.1, -0.05) is 24.8 Å². The van der Waals surface area contributed by atoms with Crippen molar-refractivity contribution in [1.29, 1.82) is 0 Å². The summed E-state index contributed by atoms with van der Waals surface area (Å²) in [6, 6.07) is 7.33. The SMILES string of the molecule is C=CC(=O)N1CCC(N2Cc3cnc(Nc4cnn(CCO)c4)nc3N(C)C2=O)c2ccccc21. The normalized spacial score (nSPS) is 17.1. The Kier molecular flexibility index (Phi) is 5.91. The summed E-state index contributed by atoms with van der Waals surface area (Å²) in [5.41, 5.74) is 3.24. The molecule has 3 aromatic rings. The summed E-state index contributed by atoms with van der Waals surface area (Å²) in [6.07, 6.45) is 7.02. The monoisotopic (exact) mass is 474 g/mol. The van der Waals surface area contributed by atoms with E-state index in [4.69, 9.17) is 5.11 Å². The van der Waals surface area contributed by atoms with Crippen LogP contribution in [0.4, 0.5) is 27.9 Å². The number of carbonyl (C=O) groups is 2. The van der Waals surface area contributed by atoms with Crippen molar-refractivity contribution in [2.24, 2.45) is 0 Å². The Hall–Kier alpha value is -4.25. The van der Waals surface area contributed by atoms with Gasteiger partial charge in [0.2, 0.25) is 11.9 Å². The average Bonchev–Trinajstić information content (AvgIpc) is 3.32. The molecule has 3 amide bonds. The van der Waals surface area contributed by atoms with Crippen molar-refractivity contribution in [3.8, 4) is 0 Å². The van der Waals surface area contributed by atoms with Crippen molar-refractivity contribution < 1.29 is 14.7 Å². The van der Waals surface area contributed by atoms with Crippen LogP contribution in [0.1, 0.15) is 23.6 Å². The van der Waals surface area contributed by atoms with E-state index in [2.05, 4.69) is 27.0 Å². The fourth-order valence-corrected chi connectivity index (χ4v) is 4.63. The lowest BCUT2D eigenvalue weighted by Crippen LogP contribution is -2.49. The molecule has 2 aliphatic rings. The number of aromatic nitrogens is 4. The second-order valence-corrected chi connectivity index (χ2v) is 8.41. The second kappa shape index (κ2) is 9.18. The van der Waals surface area contributed by atoms with Gasteiger partial charge in [-0.25, -0.2) is 9.78 Å². The average molecular weight is 475 g/mol. The molecular weight excluding hydrogens is 448 g/mol. The van der Waals surface area contributed by atoms with Gasteiger partial charge < -0.3 is 20.2 Å². The summed E-state index contributed by atoms with van der Waals surface area (Å²) < 4.78 is 1.61. The largest absolute Gasteiger partial charge is 0.394 e. The van der Waals surface area contributed by atoms with Gasteiger partial charge in [-0.2, -0.15) is 10.1 Å². The molecule has 2 aromatic heterocycles. The number of hydrogen-bond acceptors (Lipinski definition) is 7. The third-order valence-electron chi connectivity index (χ3n) is 6.28. The first-order valence-electron chi connectivity index (χ1n) is 11.3. The molecule has 1 aromatic carbocycles. The summed E-state index contributed by atoms with van der Waals surface area (Å²) in [4.78, 5) is 39.9. The van der Waals surface area contributed by atoms with Crippen molar-refractivity contribution in [3.05, 3.63) is 66.6 Å². The molecule has 4 heterocycles. The van der Waals surface area contributed by atoms with Gasteiger partial charge in [0.15, 0.2) is 0 Å². The minimum absolute atomic E-state index is 0.00602. The van der Waals surface area contributed by atoms with E-state index in [1.165, 1.54) is 11.0 Å². The number of nitrogens with zero attached hydrogens (tertiary/aromatic N) is 7. The molecule has 180 valence electrons. The van der Waals surface area contributed by atoms with Crippen LogP contribution in [0.25, 0.3) is 0 Å². The Labute approximate surface area is 202 Å². The number of anilines is 4. The smallest absolute Gasteiger partial charge is 0.326 e. The molecule has 11 heteroatoms. The summed E-state index contributed by atoms with van der Waals surface area (Å²) in [7, 11) is 1.70. The lowest BCUT2D eigenvalue weighted by molar-refractivity contribution is -0.114. The fraction of sp³-hybridized carbons (Fsp3) is 0.292. The Bertz CT molecular complexity index is 1290. The van der Waals surface area contributed by atoms with Crippen LogP contribution in [0.15, 0.2) is 55.5 Å². The van der Waals surface area contributed by atoms with Crippen molar-refractivity contribution in [1.82, 2.24) is 24.6 Å². The highest BCUT2D eigenvalue weighted by Crippen LogP contribution is 2.41. The molecule has 1 unspecified atom stereocenters. The van der Waals surface area contributed by atoms with E-state index in [1.807, 2.05) is 29.2 Å². The first-order chi connectivity index (χ1) is 17.0. The van der Waals surface area contributed by atoms with Crippen LogP contribution in [-0.4, -0.2) is 61.9 Å². The first-order valence-corrected chi connectivity index (χ1v) is 11.3. The van der Waals surface area contributed by atoms with Gasteiger partial charge in [-0.05, 0) is 24.1 Å². The lowest BCUT2D eigenvalue weighted by atomic mass is 9.94. The van der Waals surface area contributed by atoms with Gasteiger partial charge in [0.05, 0.1) is 37.6 Å². The van der Waals surface area contributed by atoms with Crippen LogP contribution < -0.4 is 15.1 Å². The highest BCUT2D eigenvalue weighted by molar-refractivity contribution is 6.02. The third-order valence-corrected chi connectivity index (χ3v) is 6.28.